The van der Waals surface area contributed by atoms with Crippen LogP contribution in [0.3, 0.4) is 0 Å². The Bertz CT molecular complexity index is 1210. The summed E-state index contributed by atoms with van der Waals surface area (Å²) in [5.41, 5.74) is 1.74. The van der Waals surface area contributed by atoms with E-state index in [4.69, 9.17) is 25.8 Å². The highest BCUT2D eigenvalue weighted by molar-refractivity contribution is 7.74. The highest BCUT2D eigenvalue weighted by Crippen LogP contribution is 2.48. The molecule has 0 radical (unpaired) electrons. The Morgan fingerprint density at radius 2 is 1.92 bits per heavy atom. The Morgan fingerprint density at radius 1 is 1.19 bits per heavy atom. The summed E-state index contributed by atoms with van der Waals surface area (Å²) >= 11 is 6.09. The van der Waals surface area contributed by atoms with Crippen molar-refractivity contribution in [3.05, 3.63) is 65.2 Å². The molecule has 2 aromatic carbocycles. The molecule has 11 heteroatoms. The summed E-state index contributed by atoms with van der Waals surface area (Å²) in [6.45, 7) is 4.14. The van der Waals surface area contributed by atoms with Gasteiger partial charge in [-0.25, -0.2) is 4.79 Å². The summed E-state index contributed by atoms with van der Waals surface area (Å²) in [7, 11) is -1.37. The second-order valence-electron chi connectivity index (χ2n) is 8.44. The van der Waals surface area contributed by atoms with Gasteiger partial charge in [0.05, 0.1) is 17.9 Å². The molecular weight excluding hydrogens is 501 g/mol. The fraction of sp³-hybridized carbons (Fsp3) is 0.320. The lowest BCUT2D eigenvalue weighted by Crippen LogP contribution is -2.57. The van der Waals surface area contributed by atoms with Crippen molar-refractivity contribution in [2.24, 2.45) is 9.76 Å². The van der Waals surface area contributed by atoms with Gasteiger partial charge in [-0.3, -0.25) is 14.5 Å². The monoisotopic (exact) mass is 525 g/mol. The molecule has 0 aliphatic carbocycles. The van der Waals surface area contributed by atoms with Crippen LogP contribution in [-0.4, -0.2) is 71.1 Å². The molecule has 2 atom stereocenters. The maximum atomic E-state index is 13.2. The second kappa shape index (κ2) is 11.5. The van der Waals surface area contributed by atoms with E-state index in [0.29, 0.717) is 35.7 Å². The number of aliphatic imine (C=N–C) groups is 1. The Morgan fingerprint density at radius 3 is 2.56 bits per heavy atom. The number of benzene rings is 2. The van der Waals surface area contributed by atoms with Crippen LogP contribution in [0.5, 0.6) is 5.75 Å². The van der Waals surface area contributed by atoms with Gasteiger partial charge >= 0.3 is 6.09 Å². The Balaban J connectivity index is 1.60. The standard InChI is InChI=1S/C25H25ClN5O4P/c1-17(2)34-25(33)30-12-13-31(22(32)14-30)21-15-36(29-23(21)18-8-10-19(26)11-9-18)24(28-16-27)35-20-6-4-3-5-7-20/h3-11,17,21H,12-15H2,1-2H3. The minimum atomic E-state index is -1.37. The number of hydrogen-bond acceptors (Lipinski definition) is 7. The van der Waals surface area contributed by atoms with Crippen LogP contribution in [0.2, 0.25) is 5.02 Å². The molecule has 2 unspecified atom stereocenters. The third-order valence-electron chi connectivity index (χ3n) is 5.58. The van der Waals surface area contributed by atoms with E-state index in [1.54, 1.807) is 43.0 Å². The lowest BCUT2D eigenvalue weighted by Gasteiger charge is -2.38. The van der Waals surface area contributed by atoms with Crippen molar-refractivity contribution in [2.45, 2.75) is 26.0 Å². The molecule has 1 saturated heterocycles. The third-order valence-corrected chi connectivity index (χ3v) is 7.61. The lowest BCUT2D eigenvalue weighted by molar-refractivity contribution is -0.136. The van der Waals surface area contributed by atoms with E-state index in [1.165, 1.54) is 4.90 Å². The number of nitrogens with zero attached hydrogens (tertiary/aromatic N) is 5. The molecule has 36 heavy (non-hydrogen) atoms. The van der Waals surface area contributed by atoms with Crippen LogP contribution in [0.25, 0.3) is 0 Å². The molecule has 0 spiro atoms. The lowest BCUT2D eigenvalue weighted by atomic mass is 10.0. The van der Waals surface area contributed by atoms with Crippen molar-refractivity contribution in [1.82, 2.24) is 9.80 Å². The summed E-state index contributed by atoms with van der Waals surface area (Å²) in [6.07, 6.45) is 1.49. The van der Waals surface area contributed by atoms with E-state index < -0.39 is 14.2 Å². The summed E-state index contributed by atoms with van der Waals surface area (Å²) in [6, 6.07) is 16.0. The zero-order valence-electron chi connectivity index (χ0n) is 19.9. The topological polar surface area (TPSA) is 108 Å². The number of carbonyl (C=O) groups excluding carboxylic acids is 2. The van der Waals surface area contributed by atoms with Gasteiger partial charge in [0, 0.05) is 24.3 Å². The summed E-state index contributed by atoms with van der Waals surface area (Å²) < 4.78 is 16.1. The van der Waals surface area contributed by atoms with E-state index in [9.17, 15) is 14.9 Å². The molecule has 0 aromatic heterocycles. The van der Waals surface area contributed by atoms with Gasteiger partial charge in [0.25, 0.3) is 0 Å². The van der Waals surface area contributed by atoms with Gasteiger partial charge in [0.15, 0.2) is 0 Å². The first-order chi connectivity index (χ1) is 17.4. The normalized spacial score (nSPS) is 20.2. The van der Waals surface area contributed by atoms with Gasteiger partial charge in [0.2, 0.25) is 17.7 Å². The molecule has 4 rings (SSSR count). The number of ether oxygens (including phenoxy) is 2. The van der Waals surface area contributed by atoms with E-state index in [1.807, 2.05) is 36.5 Å². The van der Waals surface area contributed by atoms with Crippen LogP contribution >= 0.6 is 19.7 Å². The number of para-hydroxylation sites is 1. The minimum Gasteiger partial charge on any atom is -0.447 e. The molecule has 0 saturated carbocycles. The maximum Gasteiger partial charge on any atom is 0.410 e. The van der Waals surface area contributed by atoms with E-state index in [-0.39, 0.29) is 30.2 Å². The molecular formula is C25H25ClN5O4P. The fourth-order valence-electron chi connectivity index (χ4n) is 3.94. The highest BCUT2D eigenvalue weighted by Gasteiger charge is 2.41. The van der Waals surface area contributed by atoms with E-state index >= 15 is 0 Å². The molecule has 2 heterocycles. The van der Waals surface area contributed by atoms with Crippen molar-refractivity contribution >= 4 is 43.0 Å². The van der Waals surface area contributed by atoms with Gasteiger partial charge in [-0.15, -0.1) is 4.99 Å². The zero-order chi connectivity index (χ0) is 25.7. The molecule has 2 aliphatic rings. The Hall–Kier alpha value is -3.47. The van der Waals surface area contributed by atoms with Crippen LogP contribution in [-0.2, 0) is 9.53 Å². The Labute approximate surface area is 215 Å². The summed E-state index contributed by atoms with van der Waals surface area (Å²) in [5.74, 6) is 0.349. The average molecular weight is 526 g/mol. The second-order valence-corrected chi connectivity index (χ2v) is 10.6. The highest BCUT2D eigenvalue weighted by atomic mass is 35.5. The van der Waals surface area contributed by atoms with Crippen LogP contribution in [0.15, 0.2) is 64.4 Å². The van der Waals surface area contributed by atoms with Gasteiger partial charge in [-0.2, -0.15) is 5.26 Å². The van der Waals surface area contributed by atoms with Crippen molar-refractivity contribution in [3.63, 3.8) is 0 Å². The van der Waals surface area contributed by atoms with Gasteiger partial charge < -0.3 is 14.4 Å². The SMILES string of the molecule is CC(C)OC(=O)N1CCN(C2CP(C(=NC#N)Oc3ccccc3)N=C2c2ccc(Cl)cc2)C(=O)C1. The molecule has 2 amide bonds. The summed E-state index contributed by atoms with van der Waals surface area (Å²) in [5, 5.41) is 9.89. The number of rotatable bonds is 5. The van der Waals surface area contributed by atoms with Crippen LogP contribution in [0, 0.1) is 11.5 Å². The van der Waals surface area contributed by atoms with Crippen molar-refractivity contribution in [2.75, 3.05) is 25.8 Å². The van der Waals surface area contributed by atoms with Crippen molar-refractivity contribution in [3.8, 4) is 11.9 Å². The largest absolute Gasteiger partial charge is 0.447 e. The van der Waals surface area contributed by atoms with Gasteiger partial charge in [0.1, 0.15) is 20.4 Å². The molecule has 1 fully saturated rings. The van der Waals surface area contributed by atoms with Crippen LogP contribution in [0.4, 0.5) is 4.79 Å². The number of piperazine rings is 1. The number of carbonyl (C=O) groups is 2. The first kappa shape index (κ1) is 25.6. The molecule has 0 N–H and O–H groups in total. The average Bonchev–Trinajstić information content (AvgIpc) is 3.29. The first-order valence-corrected chi connectivity index (χ1v) is 13.3. The van der Waals surface area contributed by atoms with Crippen LogP contribution < -0.4 is 4.74 Å². The first-order valence-electron chi connectivity index (χ1n) is 11.4. The third kappa shape index (κ3) is 6.01. The number of hydrogen-bond donors (Lipinski definition) is 0. The molecule has 0 bridgehead atoms. The molecule has 2 aliphatic heterocycles. The number of halogens is 1. The van der Waals surface area contributed by atoms with Crippen LogP contribution in [0.1, 0.15) is 19.4 Å². The van der Waals surface area contributed by atoms with Gasteiger partial charge in [-0.05, 0) is 43.7 Å². The quantitative estimate of drug-likeness (QED) is 0.247. The van der Waals surface area contributed by atoms with Gasteiger partial charge in [-0.1, -0.05) is 41.9 Å². The minimum absolute atomic E-state index is 0.0759. The molecule has 186 valence electrons. The fourth-order valence-corrected chi connectivity index (χ4v) is 5.97. The summed E-state index contributed by atoms with van der Waals surface area (Å²) in [4.78, 5) is 32.6. The smallest absolute Gasteiger partial charge is 0.410 e. The van der Waals surface area contributed by atoms with Crippen molar-refractivity contribution < 1.29 is 19.1 Å². The van der Waals surface area contributed by atoms with E-state index in [2.05, 4.69) is 4.99 Å². The molecule has 2 aromatic rings. The Kier molecular flexibility index (Phi) is 8.19. The molecule has 9 nitrogen and oxygen atoms in total. The number of nitriles is 1. The zero-order valence-corrected chi connectivity index (χ0v) is 21.5. The number of amides is 2. The predicted octanol–water partition coefficient (Wildman–Crippen LogP) is 4.51. The maximum absolute atomic E-state index is 13.2. The predicted molar refractivity (Wildman–Crippen MR) is 139 cm³/mol. The van der Waals surface area contributed by atoms with E-state index in [0.717, 1.165) is 5.56 Å². The van der Waals surface area contributed by atoms with Crippen molar-refractivity contribution in [1.29, 1.82) is 5.26 Å².